The summed E-state index contributed by atoms with van der Waals surface area (Å²) in [6.07, 6.45) is -18.4. The van der Waals surface area contributed by atoms with Crippen molar-refractivity contribution in [3.05, 3.63) is 22.7 Å². The molecule has 12 atom stereocenters. The summed E-state index contributed by atoms with van der Waals surface area (Å²) in [4.78, 5) is 49.5. The molecule has 0 spiro atoms. The van der Waals surface area contributed by atoms with Gasteiger partial charge in [-0.15, -0.1) is 0 Å². The van der Waals surface area contributed by atoms with E-state index < -0.39 is 106 Å². The Kier molecular flexibility index (Phi) is 10.4. The molecule has 1 aromatic heterocycles. The van der Waals surface area contributed by atoms with Crippen LogP contribution in [0.15, 0.2) is 17.1 Å². The first-order valence-electron chi connectivity index (χ1n) is 12.0. The van der Waals surface area contributed by atoms with Crippen molar-refractivity contribution in [3.63, 3.8) is 0 Å². The van der Waals surface area contributed by atoms with Crippen LogP contribution >= 0.6 is 7.82 Å². The predicted molar refractivity (Wildman–Crippen MR) is 129 cm³/mol. The lowest BCUT2D eigenvalue weighted by molar-refractivity contribution is -0.314. The van der Waals surface area contributed by atoms with Gasteiger partial charge < -0.3 is 61.2 Å². The molecule has 11 N–H and O–H groups in total. The van der Waals surface area contributed by atoms with E-state index in [1.165, 1.54) is 6.07 Å². The number of nitrogen functional groups attached to an aromatic ring is 1. The lowest BCUT2D eigenvalue weighted by Crippen LogP contribution is -2.73. The Labute approximate surface area is 234 Å². The van der Waals surface area contributed by atoms with E-state index in [0.29, 0.717) is 0 Å². The number of aliphatic hydroxyl groups excluding tert-OH is 6. The summed E-state index contributed by atoms with van der Waals surface area (Å²) in [6.45, 7) is -1.39. The van der Waals surface area contributed by atoms with Crippen LogP contribution in [-0.2, 0) is 32.7 Å². The van der Waals surface area contributed by atoms with Crippen molar-refractivity contribution in [2.45, 2.75) is 73.9 Å². The molecule has 1 unspecified atom stereocenters. The fourth-order valence-corrected chi connectivity index (χ4v) is 5.27. The third kappa shape index (κ3) is 6.77. The van der Waals surface area contributed by atoms with E-state index >= 15 is 4.39 Å². The predicted octanol–water partition coefficient (Wildman–Crippen LogP) is -5.32. The highest BCUT2D eigenvalue weighted by molar-refractivity contribution is 7.47. The highest BCUT2D eigenvalue weighted by atomic mass is 31.2. The number of nitrogens with zero attached hydrogens (tertiary/aromatic N) is 2. The van der Waals surface area contributed by atoms with Gasteiger partial charge in [0.15, 0.2) is 12.4 Å². The van der Waals surface area contributed by atoms with Crippen molar-refractivity contribution in [1.82, 2.24) is 14.9 Å². The standard InChI is InChI=1S/C20H30FN4O16P/c1-6(27)23-10-13(31)16(21)20(18(33)34,40-15(10)11(29)7(28)4-26)41-42(36,37)38-5-8-12(30)14(32)17(39-8)25-3-2-9(22)24-19(25)35/h2-3,7-8,10-17,26,28-32H,4-5H2,1H3,(H,23,27)(H,33,34)(H,36,37)(H2,22,24,35)/t7-,8-,10-,11+,12-,13-,14-,15-,16-,17-,20-/m1/s1. The first kappa shape index (κ1) is 33.8. The number of carbonyl (C=O) groups is 2. The largest absolute Gasteiger partial charge is 0.477 e. The van der Waals surface area contributed by atoms with E-state index in [0.717, 1.165) is 17.7 Å². The van der Waals surface area contributed by atoms with E-state index in [1.807, 2.05) is 5.32 Å². The number of amides is 1. The fraction of sp³-hybridized carbons (Fsp3) is 0.700. The SMILES string of the molecule is CC(=O)N[C@@H]1[C@@H](O)[C@@H](F)[C@@](OP(=O)(O)OC[C@H]2O[C@@H](n3ccc(N)nc3=O)[C@H](O)[C@@H]2O)(C(=O)O)O[C@H]1[C@@H](O)[C@H](O)CO. The molecule has 1 amide bonds. The van der Waals surface area contributed by atoms with Crippen LogP contribution in [0, 0.1) is 0 Å². The number of aliphatic carboxylic acids is 1. The number of aromatic nitrogens is 2. The van der Waals surface area contributed by atoms with Crippen LogP contribution in [0.3, 0.4) is 0 Å². The van der Waals surface area contributed by atoms with Crippen LogP contribution < -0.4 is 16.7 Å². The minimum atomic E-state index is -5.79. The molecule has 2 aliphatic rings. The molecule has 42 heavy (non-hydrogen) atoms. The van der Waals surface area contributed by atoms with E-state index in [2.05, 4.69) is 14.0 Å². The van der Waals surface area contributed by atoms with Gasteiger partial charge in [0, 0.05) is 13.1 Å². The molecular formula is C20H30FN4O16P. The molecule has 3 heterocycles. The second kappa shape index (κ2) is 12.9. The van der Waals surface area contributed by atoms with Crippen LogP contribution in [0.1, 0.15) is 13.2 Å². The van der Waals surface area contributed by atoms with Crippen molar-refractivity contribution in [2.24, 2.45) is 0 Å². The minimum Gasteiger partial charge on any atom is -0.477 e. The third-order valence-electron chi connectivity index (χ3n) is 6.40. The zero-order valence-corrected chi connectivity index (χ0v) is 22.4. The molecule has 20 nitrogen and oxygen atoms in total. The number of carboxylic acids is 1. The van der Waals surface area contributed by atoms with Crippen molar-refractivity contribution in [3.8, 4) is 0 Å². The summed E-state index contributed by atoms with van der Waals surface area (Å²) in [5, 5.41) is 72.2. The summed E-state index contributed by atoms with van der Waals surface area (Å²) in [7, 11) is -5.79. The molecule has 2 fully saturated rings. The van der Waals surface area contributed by atoms with Gasteiger partial charge in [0.2, 0.25) is 5.91 Å². The Hall–Kier alpha value is -2.66. The van der Waals surface area contributed by atoms with Crippen molar-refractivity contribution >= 4 is 25.5 Å². The number of carbonyl (C=O) groups excluding carboxylic acids is 1. The average molecular weight is 632 g/mol. The molecule has 3 rings (SSSR count). The number of carboxylic acid groups (broad SMARTS) is 1. The Morgan fingerprint density at radius 3 is 2.48 bits per heavy atom. The average Bonchev–Trinajstić information content (AvgIpc) is 3.19. The molecule has 22 heteroatoms. The number of ether oxygens (including phenoxy) is 2. The van der Waals surface area contributed by atoms with Crippen LogP contribution in [0.5, 0.6) is 0 Å². The van der Waals surface area contributed by atoms with Gasteiger partial charge in [0.1, 0.15) is 48.5 Å². The maximum Gasteiger partial charge on any atom is 0.475 e. The molecule has 0 aliphatic carbocycles. The normalized spacial score (nSPS) is 36.1. The summed E-state index contributed by atoms with van der Waals surface area (Å²) in [5.41, 5.74) is 4.40. The second-order valence-corrected chi connectivity index (χ2v) is 10.7. The zero-order chi connectivity index (χ0) is 31.7. The molecule has 238 valence electrons. The van der Waals surface area contributed by atoms with Crippen molar-refractivity contribution < 1.29 is 77.7 Å². The van der Waals surface area contributed by atoms with Crippen molar-refractivity contribution in [2.75, 3.05) is 18.9 Å². The number of hydrogen-bond donors (Lipinski definition) is 10. The van der Waals surface area contributed by atoms with Gasteiger partial charge in [-0.25, -0.2) is 23.1 Å². The van der Waals surface area contributed by atoms with E-state index in [1.54, 1.807) is 0 Å². The Bertz CT molecular complexity index is 1260. The molecular weight excluding hydrogens is 602 g/mol. The number of anilines is 1. The van der Waals surface area contributed by atoms with Crippen molar-refractivity contribution in [1.29, 1.82) is 0 Å². The van der Waals surface area contributed by atoms with Gasteiger partial charge in [-0.2, -0.15) is 4.98 Å². The number of aliphatic hydroxyl groups is 6. The smallest absolute Gasteiger partial charge is 0.475 e. The topological polar surface area (TPSA) is 323 Å². The maximum absolute atomic E-state index is 15.4. The molecule has 2 saturated heterocycles. The number of rotatable bonds is 11. The second-order valence-electron chi connectivity index (χ2n) is 9.36. The first-order valence-corrected chi connectivity index (χ1v) is 13.5. The number of hydrogen-bond acceptors (Lipinski definition) is 16. The van der Waals surface area contributed by atoms with Gasteiger partial charge in [0.25, 0.3) is 0 Å². The number of alkyl halides is 1. The summed E-state index contributed by atoms with van der Waals surface area (Å²) in [6, 6.07) is -0.795. The third-order valence-corrected chi connectivity index (χ3v) is 7.37. The first-order chi connectivity index (χ1) is 19.5. The summed E-state index contributed by atoms with van der Waals surface area (Å²) >= 11 is 0. The Morgan fingerprint density at radius 1 is 1.29 bits per heavy atom. The van der Waals surface area contributed by atoms with Crippen LogP contribution in [0.2, 0.25) is 0 Å². The van der Waals surface area contributed by atoms with Crippen LogP contribution in [0.25, 0.3) is 0 Å². The van der Waals surface area contributed by atoms with E-state index in [9.17, 15) is 54.5 Å². The number of phosphoric ester groups is 1. The van der Waals surface area contributed by atoms with Crippen LogP contribution in [-0.4, -0.2) is 136 Å². The molecule has 0 radical (unpaired) electrons. The fourth-order valence-electron chi connectivity index (χ4n) is 4.31. The Balaban J connectivity index is 1.83. The van der Waals surface area contributed by atoms with Gasteiger partial charge in [0.05, 0.1) is 19.3 Å². The lowest BCUT2D eigenvalue weighted by atomic mass is 9.87. The Morgan fingerprint density at radius 2 is 1.93 bits per heavy atom. The summed E-state index contributed by atoms with van der Waals surface area (Å²) < 4.78 is 48.4. The molecule has 1 aromatic rings. The zero-order valence-electron chi connectivity index (χ0n) is 21.5. The van der Waals surface area contributed by atoms with Crippen LogP contribution in [0.4, 0.5) is 10.2 Å². The molecule has 0 saturated carbocycles. The van der Waals surface area contributed by atoms with E-state index in [4.69, 9.17) is 20.3 Å². The molecule has 2 aliphatic heterocycles. The number of nitrogens with one attached hydrogen (secondary N) is 1. The number of nitrogens with two attached hydrogens (primary N) is 1. The molecule has 0 aromatic carbocycles. The quantitative estimate of drug-likeness (QED) is 0.102. The number of phosphoric acid groups is 1. The highest BCUT2D eigenvalue weighted by Gasteiger charge is 2.65. The summed E-state index contributed by atoms with van der Waals surface area (Å²) in [5.74, 6) is -7.48. The number of halogens is 1. The minimum absolute atomic E-state index is 0.167. The maximum atomic E-state index is 15.4. The molecule has 0 bridgehead atoms. The van der Waals surface area contributed by atoms with Gasteiger partial charge >= 0.3 is 25.3 Å². The van der Waals surface area contributed by atoms with Gasteiger partial charge in [-0.3, -0.25) is 13.9 Å². The van der Waals surface area contributed by atoms with E-state index in [-0.39, 0.29) is 5.82 Å². The highest BCUT2D eigenvalue weighted by Crippen LogP contribution is 2.52. The van der Waals surface area contributed by atoms with Gasteiger partial charge in [-0.1, -0.05) is 0 Å². The lowest BCUT2D eigenvalue weighted by Gasteiger charge is -2.48. The van der Waals surface area contributed by atoms with Gasteiger partial charge in [-0.05, 0) is 6.07 Å². The monoisotopic (exact) mass is 632 g/mol.